The molecule has 0 bridgehead atoms. The molecular weight excluding hydrogens is 282 g/mol. The number of fused-ring (bicyclic) bond motifs is 1. The summed E-state index contributed by atoms with van der Waals surface area (Å²) >= 11 is 1.37. The van der Waals surface area contributed by atoms with E-state index in [1.54, 1.807) is 11.6 Å². The Hall–Kier alpha value is -2.55. The number of thiazole rings is 1. The monoisotopic (exact) mass is 291 g/mol. The highest BCUT2D eigenvalue weighted by Crippen LogP contribution is 2.07. The van der Waals surface area contributed by atoms with Crippen molar-refractivity contribution in [1.29, 1.82) is 0 Å². The van der Waals surface area contributed by atoms with Gasteiger partial charge < -0.3 is 5.11 Å². The van der Waals surface area contributed by atoms with E-state index < -0.39 is 5.97 Å². The van der Waals surface area contributed by atoms with E-state index in [2.05, 4.69) is 15.3 Å². The molecule has 3 rings (SSSR count). The van der Waals surface area contributed by atoms with E-state index >= 15 is 0 Å². The number of hydrogen-bond donors (Lipinski definition) is 1. The Bertz CT molecular complexity index is 834. The molecule has 0 spiro atoms. The molecule has 8 nitrogen and oxygen atoms in total. The smallest absolute Gasteiger partial charge is 0.309 e. The van der Waals surface area contributed by atoms with Crippen LogP contribution in [0.4, 0.5) is 0 Å². The van der Waals surface area contributed by atoms with Gasteiger partial charge in [-0.2, -0.15) is 0 Å². The van der Waals surface area contributed by atoms with Crippen LogP contribution in [0.1, 0.15) is 11.4 Å². The van der Waals surface area contributed by atoms with Crippen molar-refractivity contribution in [2.24, 2.45) is 0 Å². The van der Waals surface area contributed by atoms with E-state index in [0.29, 0.717) is 16.3 Å². The van der Waals surface area contributed by atoms with Gasteiger partial charge >= 0.3 is 5.97 Å². The number of aromatic nitrogens is 5. The van der Waals surface area contributed by atoms with Crippen LogP contribution in [0.25, 0.3) is 4.96 Å². The van der Waals surface area contributed by atoms with E-state index in [1.807, 2.05) is 0 Å². The number of nitrogens with zero attached hydrogens (tertiary/aromatic N) is 5. The van der Waals surface area contributed by atoms with Gasteiger partial charge in [0.15, 0.2) is 4.96 Å². The molecule has 0 aliphatic rings. The summed E-state index contributed by atoms with van der Waals surface area (Å²) in [7, 11) is 0. The van der Waals surface area contributed by atoms with Crippen LogP contribution in [0.15, 0.2) is 28.6 Å². The molecule has 0 unspecified atom stereocenters. The molecule has 3 aromatic heterocycles. The average Bonchev–Trinajstić information content (AvgIpc) is 2.98. The molecular formula is C11H9N5O3S. The minimum atomic E-state index is -0.964. The summed E-state index contributed by atoms with van der Waals surface area (Å²) in [6.45, 7) is 0.274. The Kier molecular flexibility index (Phi) is 3.03. The molecule has 3 aromatic rings. The van der Waals surface area contributed by atoms with Gasteiger partial charge in [-0.25, -0.2) is 9.67 Å². The molecule has 0 saturated heterocycles. The molecule has 0 aliphatic heterocycles. The fourth-order valence-corrected chi connectivity index (χ4v) is 2.53. The first-order chi connectivity index (χ1) is 9.61. The van der Waals surface area contributed by atoms with Gasteiger partial charge in [-0.15, -0.1) is 16.4 Å². The van der Waals surface area contributed by atoms with Crippen LogP contribution in [0.2, 0.25) is 0 Å². The number of carboxylic acid groups (broad SMARTS) is 1. The molecule has 0 radical (unpaired) electrons. The van der Waals surface area contributed by atoms with Crippen LogP contribution in [-0.2, 0) is 17.8 Å². The molecule has 3 heterocycles. The van der Waals surface area contributed by atoms with E-state index in [4.69, 9.17) is 5.11 Å². The first kappa shape index (κ1) is 12.5. The molecule has 0 saturated carbocycles. The van der Waals surface area contributed by atoms with Gasteiger partial charge in [0.1, 0.15) is 0 Å². The zero-order chi connectivity index (χ0) is 14.1. The average molecular weight is 291 g/mol. The maximum absolute atomic E-state index is 11.8. The molecule has 20 heavy (non-hydrogen) atoms. The molecule has 0 aromatic carbocycles. The van der Waals surface area contributed by atoms with Crippen molar-refractivity contribution in [1.82, 2.24) is 24.4 Å². The summed E-state index contributed by atoms with van der Waals surface area (Å²) in [4.78, 5) is 27.3. The third kappa shape index (κ3) is 2.43. The number of carboxylic acids is 1. The maximum Gasteiger partial charge on any atom is 0.309 e. The lowest BCUT2D eigenvalue weighted by atomic mass is 10.3. The Morgan fingerprint density at radius 2 is 2.25 bits per heavy atom. The summed E-state index contributed by atoms with van der Waals surface area (Å²) in [5.74, 6) is -0.964. The molecule has 0 fully saturated rings. The number of aliphatic carboxylic acids is 1. The Morgan fingerprint density at radius 3 is 3.05 bits per heavy atom. The lowest BCUT2D eigenvalue weighted by molar-refractivity contribution is -0.136. The second kappa shape index (κ2) is 4.85. The van der Waals surface area contributed by atoms with Crippen LogP contribution in [0.3, 0.4) is 0 Å². The Balaban J connectivity index is 1.87. The summed E-state index contributed by atoms with van der Waals surface area (Å²) in [5.41, 5.74) is 0.771. The second-order valence-electron chi connectivity index (χ2n) is 4.12. The van der Waals surface area contributed by atoms with Crippen LogP contribution < -0.4 is 5.56 Å². The van der Waals surface area contributed by atoms with Gasteiger partial charge in [-0.1, -0.05) is 5.21 Å². The van der Waals surface area contributed by atoms with Crippen molar-refractivity contribution in [2.45, 2.75) is 13.0 Å². The zero-order valence-corrected chi connectivity index (χ0v) is 10.9. The SMILES string of the molecule is O=C(O)Cc1cn(Cc2cc(=O)n3ccsc3n2)nn1. The van der Waals surface area contributed by atoms with Crippen molar-refractivity contribution >= 4 is 22.3 Å². The van der Waals surface area contributed by atoms with Crippen LogP contribution in [-0.4, -0.2) is 35.5 Å². The lowest BCUT2D eigenvalue weighted by Crippen LogP contribution is -2.14. The molecule has 102 valence electrons. The van der Waals surface area contributed by atoms with Crippen molar-refractivity contribution in [3.63, 3.8) is 0 Å². The van der Waals surface area contributed by atoms with E-state index in [9.17, 15) is 9.59 Å². The Morgan fingerprint density at radius 1 is 1.40 bits per heavy atom. The highest BCUT2D eigenvalue weighted by molar-refractivity contribution is 7.15. The lowest BCUT2D eigenvalue weighted by Gasteiger charge is -2.00. The van der Waals surface area contributed by atoms with Gasteiger partial charge in [0, 0.05) is 23.8 Å². The van der Waals surface area contributed by atoms with Gasteiger partial charge in [0.25, 0.3) is 5.56 Å². The first-order valence-corrected chi connectivity index (χ1v) is 6.56. The minimum Gasteiger partial charge on any atom is -0.481 e. The molecule has 0 amide bonds. The summed E-state index contributed by atoms with van der Waals surface area (Å²) in [6, 6.07) is 1.43. The normalized spacial score (nSPS) is 11.0. The number of carbonyl (C=O) groups is 1. The Labute approximate surface area is 115 Å². The molecule has 0 atom stereocenters. The van der Waals surface area contributed by atoms with Gasteiger partial charge in [0.05, 0.1) is 24.4 Å². The maximum atomic E-state index is 11.8. The molecule has 0 aliphatic carbocycles. The van der Waals surface area contributed by atoms with Crippen molar-refractivity contribution in [2.75, 3.05) is 0 Å². The highest BCUT2D eigenvalue weighted by atomic mass is 32.1. The van der Waals surface area contributed by atoms with Crippen LogP contribution >= 0.6 is 11.3 Å². The fraction of sp³-hybridized carbons (Fsp3) is 0.182. The second-order valence-corrected chi connectivity index (χ2v) is 4.99. The molecule has 9 heteroatoms. The summed E-state index contributed by atoms with van der Waals surface area (Å²) in [6.07, 6.45) is 3.02. The standard InChI is InChI=1S/C11H9N5O3S/c17-9-3-7(12-11-16(9)1-2-20-11)5-15-6-8(13-14-15)4-10(18)19/h1-3,6H,4-5H2,(H,18,19). The quantitative estimate of drug-likeness (QED) is 0.727. The largest absolute Gasteiger partial charge is 0.481 e. The number of hydrogen-bond acceptors (Lipinski definition) is 6. The topological polar surface area (TPSA) is 102 Å². The van der Waals surface area contributed by atoms with E-state index in [0.717, 1.165) is 0 Å². The fourth-order valence-electron chi connectivity index (χ4n) is 1.79. The van der Waals surface area contributed by atoms with Gasteiger partial charge in [-0.05, 0) is 0 Å². The predicted molar refractivity (Wildman–Crippen MR) is 69.8 cm³/mol. The first-order valence-electron chi connectivity index (χ1n) is 5.68. The van der Waals surface area contributed by atoms with Crippen LogP contribution in [0.5, 0.6) is 0 Å². The van der Waals surface area contributed by atoms with Gasteiger partial charge in [0.2, 0.25) is 0 Å². The predicted octanol–water partition coefficient (Wildman–Crippen LogP) is 0.0229. The summed E-state index contributed by atoms with van der Waals surface area (Å²) < 4.78 is 2.93. The van der Waals surface area contributed by atoms with E-state index in [-0.39, 0.29) is 18.5 Å². The third-order valence-electron chi connectivity index (χ3n) is 2.60. The highest BCUT2D eigenvalue weighted by Gasteiger charge is 2.08. The van der Waals surface area contributed by atoms with E-state index in [1.165, 1.54) is 32.7 Å². The minimum absolute atomic E-state index is 0.155. The van der Waals surface area contributed by atoms with Crippen LogP contribution in [0, 0.1) is 0 Å². The van der Waals surface area contributed by atoms with Crippen molar-refractivity contribution in [3.8, 4) is 0 Å². The number of rotatable bonds is 4. The summed E-state index contributed by atoms with van der Waals surface area (Å²) in [5, 5.41) is 18.0. The van der Waals surface area contributed by atoms with Crippen molar-refractivity contribution < 1.29 is 9.90 Å². The van der Waals surface area contributed by atoms with Crippen molar-refractivity contribution in [3.05, 3.63) is 45.6 Å². The molecule has 1 N–H and O–H groups in total. The third-order valence-corrected chi connectivity index (χ3v) is 3.36. The van der Waals surface area contributed by atoms with Gasteiger partial charge in [-0.3, -0.25) is 14.0 Å². The zero-order valence-electron chi connectivity index (χ0n) is 10.1.